The quantitative estimate of drug-likeness (QED) is 0.909. The second-order valence-electron chi connectivity index (χ2n) is 5.26. The Kier molecular flexibility index (Phi) is 3.03. The molecule has 1 aromatic heterocycles. The van der Waals surface area contributed by atoms with Crippen LogP contribution in [0.2, 0.25) is 0 Å². The Hall–Kier alpha value is -1.81. The van der Waals surface area contributed by atoms with Crippen molar-refractivity contribution in [1.82, 2.24) is 9.78 Å². The molecule has 1 aromatic carbocycles. The molecular weight excluding hydrogens is 238 g/mol. The van der Waals surface area contributed by atoms with Crippen molar-refractivity contribution >= 4 is 5.69 Å². The van der Waals surface area contributed by atoms with Gasteiger partial charge in [0, 0.05) is 38.9 Å². The zero-order valence-corrected chi connectivity index (χ0v) is 11.4. The number of fused-ring (bicyclic) bond motifs is 1. The van der Waals surface area contributed by atoms with Crippen molar-refractivity contribution in [3.63, 3.8) is 0 Å². The molecule has 0 fully saturated rings. The Bertz CT molecular complexity index is 591. The Balaban J connectivity index is 1.79. The first kappa shape index (κ1) is 12.2. The number of rotatable bonds is 3. The van der Waals surface area contributed by atoms with Crippen LogP contribution in [0.4, 0.5) is 5.69 Å². The first-order valence-electron chi connectivity index (χ1n) is 6.64. The van der Waals surface area contributed by atoms with Crippen LogP contribution in [0.5, 0.6) is 0 Å². The summed E-state index contributed by atoms with van der Waals surface area (Å²) < 4.78 is 1.76. The van der Waals surface area contributed by atoms with E-state index in [1.807, 2.05) is 25.4 Å². The fourth-order valence-corrected chi connectivity index (χ4v) is 2.68. The molecule has 1 N–H and O–H groups in total. The minimum atomic E-state index is -0.480. The number of aliphatic hydroxyl groups is 1. The molecule has 4 nitrogen and oxygen atoms in total. The number of benzene rings is 1. The molecular formula is C15H19N3O. The van der Waals surface area contributed by atoms with E-state index in [9.17, 15) is 5.11 Å². The third-order valence-corrected chi connectivity index (χ3v) is 3.79. The summed E-state index contributed by atoms with van der Waals surface area (Å²) >= 11 is 0. The molecule has 2 heterocycles. The van der Waals surface area contributed by atoms with E-state index in [2.05, 4.69) is 29.2 Å². The lowest BCUT2D eigenvalue weighted by atomic mass is 10.0. The van der Waals surface area contributed by atoms with Crippen molar-refractivity contribution in [1.29, 1.82) is 0 Å². The van der Waals surface area contributed by atoms with Gasteiger partial charge in [-0.3, -0.25) is 4.68 Å². The lowest BCUT2D eigenvalue weighted by molar-refractivity contribution is 0.177. The summed E-state index contributed by atoms with van der Waals surface area (Å²) in [5.41, 5.74) is 4.53. The molecule has 0 aliphatic carbocycles. The second kappa shape index (κ2) is 4.70. The average Bonchev–Trinajstić information content (AvgIpc) is 2.96. The van der Waals surface area contributed by atoms with Gasteiger partial charge < -0.3 is 10.0 Å². The van der Waals surface area contributed by atoms with Gasteiger partial charge in [0.2, 0.25) is 0 Å². The highest BCUT2D eigenvalue weighted by atomic mass is 16.3. The number of aliphatic hydroxyl groups excluding tert-OH is 1. The Morgan fingerprint density at radius 3 is 2.89 bits per heavy atom. The van der Waals surface area contributed by atoms with Crippen molar-refractivity contribution in [3.05, 3.63) is 47.3 Å². The van der Waals surface area contributed by atoms with Crippen LogP contribution in [0.25, 0.3) is 0 Å². The molecule has 0 radical (unpaired) electrons. The van der Waals surface area contributed by atoms with Crippen LogP contribution in [0.3, 0.4) is 0 Å². The summed E-state index contributed by atoms with van der Waals surface area (Å²) in [6, 6.07) is 8.21. The summed E-state index contributed by atoms with van der Waals surface area (Å²) in [7, 11) is 4.00. The fourth-order valence-electron chi connectivity index (χ4n) is 2.68. The maximum absolute atomic E-state index is 10.3. The lowest BCUT2D eigenvalue weighted by Gasteiger charge is -2.14. The van der Waals surface area contributed by atoms with Crippen LogP contribution in [0.15, 0.2) is 30.5 Å². The van der Waals surface area contributed by atoms with Crippen molar-refractivity contribution in [2.75, 3.05) is 18.5 Å². The van der Waals surface area contributed by atoms with Gasteiger partial charge >= 0.3 is 0 Å². The topological polar surface area (TPSA) is 41.3 Å². The minimum absolute atomic E-state index is 0.480. The average molecular weight is 257 g/mol. The van der Waals surface area contributed by atoms with E-state index in [-0.39, 0.29) is 0 Å². The maximum Gasteiger partial charge on any atom is 0.0846 e. The van der Waals surface area contributed by atoms with Crippen molar-refractivity contribution < 1.29 is 5.11 Å². The molecule has 1 atom stereocenters. The summed E-state index contributed by atoms with van der Waals surface area (Å²) in [6.45, 7) is 1.06. The predicted molar refractivity (Wildman–Crippen MR) is 75.3 cm³/mol. The molecule has 0 saturated heterocycles. The maximum atomic E-state index is 10.3. The molecule has 0 saturated carbocycles. The number of nitrogens with zero attached hydrogens (tertiary/aromatic N) is 3. The zero-order chi connectivity index (χ0) is 13.4. The van der Waals surface area contributed by atoms with Gasteiger partial charge in [0.15, 0.2) is 0 Å². The van der Waals surface area contributed by atoms with E-state index < -0.39 is 6.10 Å². The zero-order valence-electron chi connectivity index (χ0n) is 11.4. The van der Waals surface area contributed by atoms with Crippen LogP contribution in [-0.2, 0) is 19.9 Å². The molecule has 4 heteroatoms. The van der Waals surface area contributed by atoms with Crippen molar-refractivity contribution in [2.24, 2.45) is 7.05 Å². The van der Waals surface area contributed by atoms with Gasteiger partial charge in [0.25, 0.3) is 0 Å². The van der Waals surface area contributed by atoms with E-state index in [1.165, 1.54) is 11.3 Å². The Morgan fingerprint density at radius 2 is 2.16 bits per heavy atom. The molecule has 100 valence electrons. The number of likely N-dealkylation sites (N-methyl/N-ethyl adjacent to an activating group) is 1. The van der Waals surface area contributed by atoms with Gasteiger partial charge in [-0.1, -0.05) is 12.1 Å². The van der Waals surface area contributed by atoms with E-state index in [0.717, 1.165) is 24.2 Å². The van der Waals surface area contributed by atoms with Crippen molar-refractivity contribution in [2.45, 2.75) is 18.9 Å². The molecule has 2 aromatic rings. The van der Waals surface area contributed by atoms with E-state index in [1.54, 1.807) is 4.68 Å². The SMILES string of the molecule is CN1CCc2cc(C(O)Cc3ccn(C)n3)ccc21. The van der Waals surface area contributed by atoms with Gasteiger partial charge in [-0.2, -0.15) is 5.10 Å². The number of anilines is 1. The van der Waals surface area contributed by atoms with Crippen LogP contribution < -0.4 is 4.90 Å². The normalized spacial score (nSPS) is 15.6. The van der Waals surface area contributed by atoms with Gasteiger partial charge in [-0.05, 0) is 29.7 Å². The molecule has 0 amide bonds. The predicted octanol–water partition coefficient (Wildman–Crippen LogP) is 1.69. The second-order valence-corrected chi connectivity index (χ2v) is 5.26. The van der Waals surface area contributed by atoms with E-state index in [0.29, 0.717) is 6.42 Å². The first-order chi connectivity index (χ1) is 9.13. The van der Waals surface area contributed by atoms with Crippen LogP contribution in [0, 0.1) is 0 Å². The van der Waals surface area contributed by atoms with Crippen LogP contribution >= 0.6 is 0 Å². The summed E-state index contributed by atoms with van der Waals surface area (Å²) in [5.74, 6) is 0. The first-order valence-corrected chi connectivity index (χ1v) is 6.64. The van der Waals surface area contributed by atoms with Gasteiger partial charge in [-0.15, -0.1) is 0 Å². The molecule has 19 heavy (non-hydrogen) atoms. The van der Waals surface area contributed by atoms with Crippen LogP contribution in [0.1, 0.15) is 22.9 Å². The highest BCUT2D eigenvalue weighted by molar-refractivity contribution is 5.58. The summed E-state index contributed by atoms with van der Waals surface area (Å²) in [5, 5.41) is 14.6. The number of hydrogen-bond acceptors (Lipinski definition) is 3. The number of hydrogen-bond donors (Lipinski definition) is 1. The summed E-state index contributed by atoms with van der Waals surface area (Å²) in [4.78, 5) is 2.25. The number of aromatic nitrogens is 2. The Morgan fingerprint density at radius 1 is 1.32 bits per heavy atom. The highest BCUT2D eigenvalue weighted by Gasteiger charge is 2.18. The number of aryl methyl sites for hydroxylation is 1. The smallest absolute Gasteiger partial charge is 0.0846 e. The minimum Gasteiger partial charge on any atom is -0.388 e. The highest BCUT2D eigenvalue weighted by Crippen LogP contribution is 2.30. The molecule has 3 rings (SSSR count). The van der Waals surface area contributed by atoms with Gasteiger partial charge in [0.1, 0.15) is 0 Å². The van der Waals surface area contributed by atoms with Crippen molar-refractivity contribution in [3.8, 4) is 0 Å². The molecule has 1 unspecified atom stereocenters. The molecule has 1 aliphatic rings. The van der Waals surface area contributed by atoms with Gasteiger partial charge in [0.05, 0.1) is 11.8 Å². The Labute approximate surface area is 113 Å². The third kappa shape index (κ3) is 2.36. The summed E-state index contributed by atoms with van der Waals surface area (Å²) in [6.07, 6.45) is 3.05. The molecule has 0 spiro atoms. The monoisotopic (exact) mass is 257 g/mol. The molecule has 1 aliphatic heterocycles. The standard InChI is InChI=1S/C15H19N3O/c1-17-7-5-11-9-12(3-4-14(11)17)15(19)10-13-6-8-18(2)16-13/h3-4,6,8-9,15,19H,5,7,10H2,1-2H3. The van der Waals surface area contributed by atoms with Crippen LogP contribution in [-0.4, -0.2) is 28.5 Å². The van der Waals surface area contributed by atoms with E-state index >= 15 is 0 Å². The lowest BCUT2D eigenvalue weighted by Crippen LogP contribution is -2.12. The largest absolute Gasteiger partial charge is 0.388 e. The molecule has 0 bridgehead atoms. The van der Waals surface area contributed by atoms with Gasteiger partial charge in [-0.25, -0.2) is 0 Å². The fraction of sp³-hybridized carbons (Fsp3) is 0.400. The van der Waals surface area contributed by atoms with E-state index in [4.69, 9.17) is 0 Å². The third-order valence-electron chi connectivity index (χ3n) is 3.79.